The Morgan fingerprint density at radius 3 is 1.58 bits per heavy atom. The summed E-state index contributed by atoms with van der Waals surface area (Å²) in [7, 11) is 4.76. The van der Waals surface area contributed by atoms with Crippen molar-refractivity contribution in [2.24, 2.45) is 0 Å². The molecule has 1 radical (unpaired) electrons. The van der Waals surface area contributed by atoms with Gasteiger partial charge in [-0.15, -0.1) is 10.3 Å². The summed E-state index contributed by atoms with van der Waals surface area (Å²) in [5.41, 5.74) is -0.501. The first-order valence-corrected chi connectivity index (χ1v) is 11.3. The molecule has 0 atom stereocenters. The van der Waals surface area contributed by atoms with Crippen LogP contribution in [0.15, 0.2) is 0 Å². The minimum absolute atomic E-state index is 0.250. The maximum absolute atomic E-state index is 12.6. The normalized spacial score (nSPS) is 21.2. The van der Waals surface area contributed by atoms with Crippen LogP contribution in [0.4, 0.5) is 0 Å². The number of hydroxylamine groups is 2. The van der Waals surface area contributed by atoms with Gasteiger partial charge in [-0.25, -0.2) is 0 Å². The molecule has 3 heteroatoms. The SMILES string of the molecule is CCCCCCCCCCCC[N+](C)(C)C1CC(C)(C)N([O])C(C)(C)C1. The summed E-state index contributed by atoms with van der Waals surface area (Å²) in [4.78, 5) is 0. The molecule has 1 aliphatic heterocycles. The van der Waals surface area contributed by atoms with Crippen molar-refractivity contribution >= 4 is 0 Å². The van der Waals surface area contributed by atoms with Crippen LogP contribution in [0.3, 0.4) is 0 Å². The molecule has 1 aliphatic rings. The minimum Gasteiger partial charge on any atom is -0.326 e. The van der Waals surface area contributed by atoms with Crippen LogP contribution in [0.2, 0.25) is 0 Å². The standard InChI is InChI=1S/C23H48N2O/c1-8-9-10-11-12-13-14-15-16-17-18-25(6,7)21-19-22(2,3)24(26)23(4,5)20-21/h21H,8-20H2,1-7H3/q+1. The Bertz CT molecular complexity index is 372. The molecule has 0 N–H and O–H groups in total. The Balaban J connectivity index is 2.27. The Hall–Kier alpha value is -0.120. The minimum atomic E-state index is -0.250. The van der Waals surface area contributed by atoms with Crippen LogP contribution in [-0.2, 0) is 5.21 Å². The lowest BCUT2D eigenvalue weighted by molar-refractivity contribution is -0.918. The van der Waals surface area contributed by atoms with Crippen molar-refractivity contribution in [2.45, 2.75) is 129 Å². The van der Waals surface area contributed by atoms with Crippen LogP contribution in [0.5, 0.6) is 0 Å². The predicted molar refractivity (Wildman–Crippen MR) is 113 cm³/mol. The lowest BCUT2D eigenvalue weighted by Gasteiger charge is -2.53. The van der Waals surface area contributed by atoms with Crippen molar-refractivity contribution in [3.8, 4) is 0 Å². The van der Waals surface area contributed by atoms with E-state index in [0.717, 1.165) is 17.3 Å². The number of quaternary nitrogens is 1. The summed E-state index contributed by atoms with van der Waals surface area (Å²) >= 11 is 0. The van der Waals surface area contributed by atoms with Gasteiger partial charge in [-0.05, 0) is 40.5 Å². The molecule has 1 heterocycles. The average Bonchev–Trinajstić information content (AvgIpc) is 2.53. The van der Waals surface area contributed by atoms with Gasteiger partial charge in [0.1, 0.15) is 0 Å². The van der Waals surface area contributed by atoms with Crippen molar-refractivity contribution in [1.29, 1.82) is 0 Å². The van der Waals surface area contributed by atoms with Gasteiger partial charge >= 0.3 is 0 Å². The molecular weight excluding hydrogens is 320 g/mol. The highest BCUT2D eigenvalue weighted by Crippen LogP contribution is 2.40. The highest BCUT2D eigenvalue weighted by Gasteiger charge is 2.50. The lowest BCUT2D eigenvalue weighted by Crippen LogP contribution is -2.65. The third kappa shape index (κ3) is 7.48. The number of piperidine rings is 1. The van der Waals surface area contributed by atoms with Gasteiger partial charge in [-0.1, -0.05) is 58.3 Å². The average molecular weight is 369 g/mol. The molecule has 0 saturated carbocycles. The van der Waals surface area contributed by atoms with Crippen LogP contribution in [-0.4, -0.2) is 47.3 Å². The van der Waals surface area contributed by atoms with E-state index in [2.05, 4.69) is 48.7 Å². The summed E-state index contributed by atoms with van der Waals surface area (Å²) in [6.07, 6.45) is 16.0. The Morgan fingerprint density at radius 1 is 0.769 bits per heavy atom. The molecule has 0 aromatic rings. The van der Waals surface area contributed by atoms with Gasteiger partial charge in [-0.2, -0.15) is 0 Å². The van der Waals surface area contributed by atoms with E-state index in [1.165, 1.54) is 75.8 Å². The number of hydrogen-bond acceptors (Lipinski definition) is 1. The quantitative estimate of drug-likeness (QED) is 0.291. The molecule has 1 rings (SSSR count). The van der Waals surface area contributed by atoms with Crippen LogP contribution in [0.25, 0.3) is 0 Å². The Morgan fingerprint density at radius 2 is 1.15 bits per heavy atom. The molecule has 0 aliphatic carbocycles. The molecule has 1 saturated heterocycles. The molecular formula is C23H48N2O+. The van der Waals surface area contributed by atoms with Crippen LogP contribution in [0.1, 0.15) is 112 Å². The summed E-state index contributed by atoms with van der Waals surface area (Å²) in [5, 5.41) is 14.0. The van der Waals surface area contributed by atoms with Crippen molar-refractivity contribution in [1.82, 2.24) is 5.06 Å². The van der Waals surface area contributed by atoms with E-state index in [9.17, 15) is 5.21 Å². The smallest absolute Gasteiger partial charge is 0.0923 e. The summed E-state index contributed by atoms with van der Waals surface area (Å²) in [5.74, 6) is 0. The van der Waals surface area contributed by atoms with E-state index in [-0.39, 0.29) is 11.1 Å². The van der Waals surface area contributed by atoms with Crippen molar-refractivity contribution in [3.63, 3.8) is 0 Å². The summed E-state index contributed by atoms with van der Waals surface area (Å²) in [6.45, 7) is 12.0. The Kier molecular flexibility index (Phi) is 9.60. The van der Waals surface area contributed by atoms with Gasteiger partial charge in [0.2, 0.25) is 0 Å². The van der Waals surface area contributed by atoms with Gasteiger partial charge in [0.15, 0.2) is 0 Å². The zero-order valence-corrected chi connectivity index (χ0v) is 19.1. The van der Waals surface area contributed by atoms with E-state index >= 15 is 0 Å². The fraction of sp³-hybridized carbons (Fsp3) is 1.00. The van der Waals surface area contributed by atoms with Gasteiger partial charge < -0.3 is 4.48 Å². The second-order valence-electron chi connectivity index (χ2n) is 10.7. The van der Waals surface area contributed by atoms with Crippen LogP contribution < -0.4 is 0 Å². The summed E-state index contributed by atoms with van der Waals surface area (Å²) < 4.78 is 1.07. The fourth-order valence-electron chi connectivity index (χ4n) is 4.89. The zero-order valence-electron chi connectivity index (χ0n) is 19.1. The monoisotopic (exact) mass is 368 g/mol. The number of nitrogens with zero attached hydrogens (tertiary/aromatic N) is 2. The molecule has 0 aromatic carbocycles. The van der Waals surface area contributed by atoms with E-state index in [0.29, 0.717) is 6.04 Å². The topological polar surface area (TPSA) is 23.1 Å². The third-order valence-electron chi connectivity index (χ3n) is 6.65. The van der Waals surface area contributed by atoms with Crippen molar-refractivity contribution in [2.75, 3.05) is 20.6 Å². The van der Waals surface area contributed by atoms with E-state index in [1.54, 1.807) is 0 Å². The predicted octanol–water partition coefficient (Wildman–Crippen LogP) is 6.35. The van der Waals surface area contributed by atoms with E-state index in [4.69, 9.17) is 0 Å². The van der Waals surface area contributed by atoms with Crippen molar-refractivity contribution in [3.05, 3.63) is 0 Å². The number of rotatable bonds is 12. The first-order valence-electron chi connectivity index (χ1n) is 11.3. The largest absolute Gasteiger partial charge is 0.326 e. The van der Waals surface area contributed by atoms with Gasteiger partial charge in [0, 0.05) is 23.9 Å². The van der Waals surface area contributed by atoms with Crippen LogP contribution in [0, 0.1) is 0 Å². The second kappa shape index (κ2) is 10.4. The molecule has 3 nitrogen and oxygen atoms in total. The molecule has 0 bridgehead atoms. The van der Waals surface area contributed by atoms with E-state index < -0.39 is 0 Å². The zero-order chi connectivity index (χ0) is 19.8. The molecule has 26 heavy (non-hydrogen) atoms. The molecule has 0 spiro atoms. The number of unbranched alkanes of at least 4 members (excludes halogenated alkanes) is 9. The van der Waals surface area contributed by atoms with Gasteiger partial charge in [-0.3, -0.25) is 0 Å². The number of hydrogen-bond donors (Lipinski definition) is 0. The maximum Gasteiger partial charge on any atom is 0.0923 e. The molecule has 1 fully saturated rings. The molecule has 0 unspecified atom stereocenters. The second-order valence-corrected chi connectivity index (χ2v) is 10.7. The molecule has 0 aromatic heterocycles. The highest BCUT2D eigenvalue weighted by atomic mass is 16.5. The first-order chi connectivity index (χ1) is 12.0. The molecule has 0 amide bonds. The third-order valence-corrected chi connectivity index (χ3v) is 6.65. The molecule has 155 valence electrons. The van der Waals surface area contributed by atoms with Gasteiger partial charge in [0.05, 0.1) is 26.7 Å². The Labute approximate surface area is 164 Å². The first kappa shape index (κ1) is 23.9. The summed E-state index contributed by atoms with van der Waals surface area (Å²) in [6, 6.07) is 0.587. The highest BCUT2D eigenvalue weighted by molar-refractivity contribution is 4.96. The van der Waals surface area contributed by atoms with Gasteiger partial charge in [0.25, 0.3) is 0 Å². The van der Waals surface area contributed by atoms with Crippen molar-refractivity contribution < 1.29 is 9.69 Å². The van der Waals surface area contributed by atoms with Crippen LogP contribution >= 0.6 is 0 Å². The fourth-order valence-corrected chi connectivity index (χ4v) is 4.89. The maximum atomic E-state index is 12.6. The lowest BCUT2D eigenvalue weighted by atomic mass is 9.77. The van der Waals surface area contributed by atoms with E-state index in [1.807, 2.05) is 0 Å².